The Balaban J connectivity index is 1.45. The van der Waals surface area contributed by atoms with Gasteiger partial charge in [0.05, 0.1) is 12.2 Å². The van der Waals surface area contributed by atoms with E-state index in [0.717, 1.165) is 23.2 Å². The first-order valence-electron chi connectivity index (χ1n) is 6.98. The van der Waals surface area contributed by atoms with Gasteiger partial charge in [-0.2, -0.15) is 5.10 Å². The minimum Gasteiger partial charge on any atom is -0.350 e. The number of amides is 1. The van der Waals surface area contributed by atoms with Gasteiger partial charge in [-0.05, 0) is 50.0 Å². The summed E-state index contributed by atoms with van der Waals surface area (Å²) in [5, 5.41) is 9.98. The van der Waals surface area contributed by atoms with Crippen molar-refractivity contribution in [3.63, 3.8) is 0 Å². The van der Waals surface area contributed by atoms with Gasteiger partial charge in [-0.25, -0.2) is 0 Å². The van der Waals surface area contributed by atoms with Crippen molar-refractivity contribution in [1.82, 2.24) is 15.5 Å². The number of carbonyl (C=O) groups excluding carboxylic acids is 1. The molecule has 2 N–H and O–H groups in total. The van der Waals surface area contributed by atoms with Gasteiger partial charge in [0.15, 0.2) is 0 Å². The first-order chi connectivity index (χ1) is 8.70. The van der Waals surface area contributed by atoms with E-state index in [1.807, 2.05) is 13.0 Å². The normalized spacial score (nSPS) is 29.7. The first-order valence-corrected chi connectivity index (χ1v) is 6.98. The van der Waals surface area contributed by atoms with Gasteiger partial charge in [-0.3, -0.25) is 9.89 Å². The summed E-state index contributed by atoms with van der Waals surface area (Å²) >= 11 is 0. The fourth-order valence-corrected chi connectivity index (χ4v) is 3.69. The maximum atomic E-state index is 11.9. The van der Waals surface area contributed by atoms with E-state index in [0.29, 0.717) is 18.9 Å². The molecule has 3 unspecified atom stereocenters. The van der Waals surface area contributed by atoms with Crippen LogP contribution in [0.1, 0.15) is 43.5 Å². The number of hydrogen-bond acceptors (Lipinski definition) is 2. The van der Waals surface area contributed by atoms with Gasteiger partial charge >= 0.3 is 0 Å². The third kappa shape index (κ3) is 2.42. The zero-order valence-electron chi connectivity index (χ0n) is 10.9. The Morgan fingerprint density at radius 1 is 1.50 bits per heavy atom. The summed E-state index contributed by atoms with van der Waals surface area (Å²) in [4.78, 5) is 11.9. The molecule has 0 aromatic carbocycles. The van der Waals surface area contributed by atoms with Gasteiger partial charge < -0.3 is 5.32 Å². The molecular weight excluding hydrogens is 226 g/mol. The maximum absolute atomic E-state index is 11.9. The molecule has 1 aromatic rings. The molecule has 0 aliphatic heterocycles. The highest BCUT2D eigenvalue weighted by molar-refractivity contribution is 5.76. The Morgan fingerprint density at radius 3 is 3.00 bits per heavy atom. The summed E-state index contributed by atoms with van der Waals surface area (Å²) in [5.41, 5.74) is 1.95. The molecule has 98 valence electrons. The summed E-state index contributed by atoms with van der Waals surface area (Å²) < 4.78 is 0. The number of H-pyrrole nitrogens is 1. The van der Waals surface area contributed by atoms with Gasteiger partial charge in [0, 0.05) is 12.1 Å². The summed E-state index contributed by atoms with van der Waals surface area (Å²) in [6, 6.07) is 1.97. The van der Waals surface area contributed by atoms with Crippen LogP contribution < -0.4 is 5.32 Å². The van der Waals surface area contributed by atoms with E-state index in [9.17, 15) is 4.79 Å². The molecule has 2 aliphatic carbocycles. The van der Waals surface area contributed by atoms with Crippen LogP contribution in [0.4, 0.5) is 0 Å². The van der Waals surface area contributed by atoms with E-state index in [2.05, 4.69) is 15.5 Å². The van der Waals surface area contributed by atoms with Gasteiger partial charge in [-0.15, -0.1) is 0 Å². The van der Waals surface area contributed by atoms with Crippen molar-refractivity contribution in [2.75, 3.05) is 0 Å². The molecular formula is C14H21N3O. The molecule has 0 spiro atoms. The monoisotopic (exact) mass is 247 g/mol. The average molecular weight is 247 g/mol. The lowest BCUT2D eigenvalue weighted by molar-refractivity contribution is -0.122. The van der Waals surface area contributed by atoms with Gasteiger partial charge in [-0.1, -0.05) is 6.42 Å². The third-order valence-corrected chi connectivity index (χ3v) is 4.56. The lowest BCUT2D eigenvalue weighted by Gasteiger charge is -2.20. The minimum atomic E-state index is 0.188. The molecule has 4 nitrogen and oxygen atoms in total. The van der Waals surface area contributed by atoms with Crippen molar-refractivity contribution in [3.8, 4) is 0 Å². The molecule has 18 heavy (non-hydrogen) atoms. The Bertz CT molecular complexity index is 440. The van der Waals surface area contributed by atoms with E-state index in [4.69, 9.17) is 0 Å². The van der Waals surface area contributed by atoms with Crippen molar-refractivity contribution < 1.29 is 4.79 Å². The predicted molar refractivity (Wildman–Crippen MR) is 68.7 cm³/mol. The van der Waals surface area contributed by atoms with Crippen LogP contribution in [-0.4, -0.2) is 16.1 Å². The number of fused-ring (bicyclic) bond motifs is 2. The summed E-state index contributed by atoms with van der Waals surface area (Å²) in [5.74, 6) is 2.58. The molecule has 3 rings (SSSR count). The number of nitrogens with one attached hydrogen (secondary N) is 2. The van der Waals surface area contributed by atoms with Crippen LogP contribution in [0.2, 0.25) is 0 Å². The molecule has 2 aliphatic rings. The van der Waals surface area contributed by atoms with Crippen molar-refractivity contribution in [2.24, 2.45) is 17.8 Å². The topological polar surface area (TPSA) is 57.8 Å². The molecule has 1 amide bonds. The summed E-state index contributed by atoms with van der Waals surface area (Å²) in [6.45, 7) is 2.51. The van der Waals surface area contributed by atoms with Crippen LogP contribution in [0, 0.1) is 24.7 Å². The van der Waals surface area contributed by atoms with Gasteiger partial charge in [0.1, 0.15) is 0 Å². The fourth-order valence-electron chi connectivity index (χ4n) is 3.69. The first kappa shape index (κ1) is 11.8. The van der Waals surface area contributed by atoms with E-state index in [1.165, 1.54) is 25.7 Å². The number of aromatic amines is 1. The fraction of sp³-hybridized carbons (Fsp3) is 0.714. The quantitative estimate of drug-likeness (QED) is 0.856. The van der Waals surface area contributed by atoms with Crippen LogP contribution in [-0.2, 0) is 11.3 Å². The second-order valence-corrected chi connectivity index (χ2v) is 5.96. The SMILES string of the molecule is Cc1cc(CNC(=O)CC2CC3CCC2C3)n[nH]1. The number of aryl methyl sites for hydroxylation is 1. The van der Waals surface area contributed by atoms with E-state index >= 15 is 0 Å². The molecule has 2 bridgehead atoms. The van der Waals surface area contributed by atoms with Gasteiger partial charge in [0.2, 0.25) is 5.91 Å². The highest BCUT2D eigenvalue weighted by atomic mass is 16.1. The largest absolute Gasteiger partial charge is 0.350 e. The van der Waals surface area contributed by atoms with Crippen LogP contribution in [0.15, 0.2) is 6.07 Å². The number of nitrogens with zero attached hydrogens (tertiary/aromatic N) is 1. The number of carbonyl (C=O) groups is 1. The van der Waals surface area contributed by atoms with Crippen LogP contribution >= 0.6 is 0 Å². The Kier molecular flexibility index (Phi) is 3.10. The van der Waals surface area contributed by atoms with Crippen LogP contribution in [0.3, 0.4) is 0 Å². The zero-order valence-corrected chi connectivity index (χ0v) is 10.9. The average Bonchev–Trinajstić information content (AvgIpc) is 3.03. The lowest BCUT2D eigenvalue weighted by atomic mass is 9.86. The van der Waals surface area contributed by atoms with Crippen molar-refractivity contribution in [1.29, 1.82) is 0 Å². The summed E-state index contributed by atoms with van der Waals surface area (Å²) in [6.07, 6.45) is 6.11. The molecule has 1 heterocycles. The Hall–Kier alpha value is -1.32. The number of hydrogen-bond donors (Lipinski definition) is 2. The molecule has 2 fully saturated rings. The maximum Gasteiger partial charge on any atom is 0.220 e. The van der Waals surface area contributed by atoms with Crippen molar-refractivity contribution in [3.05, 3.63) is 17.5 Å². The third-order valence-electron chi connectivity index (χ3n) is 4.56. The Morgan fingerprint density at radius 2 is 2.39 bits per heavy atom. The van der Waals surface area contributed by atoms with Crippen LogP contribution in [0.5, 0.6) is 0 Å². The smallest absolute Gasteiger partial charge is 0.220 e. The molecule has 0 saturated heterocycles. The zero-order chi connectivity index (χ0) is 12.5. The van der Waals surface area contributed by atoms with E-state index < -0.39 is 0 Å². The number of rotatable bonds is 4. The molecule has 4 heteroatoms. The lowest BCUT2D eigenvalue weighted by Crippen LogP contribution is -2.27. The van der Waals surface area contributed by atoms with E-state index in [-0.39, 0.29) is 5.91 Å². The van der Waals surface area contributed by atoms with Crippen molar-refractivity contribution >= 4 is 5.91 Å². The molecule has 2 saturated carbocycles. The molecule has 1 aromatic heterocycles. The molecule has 3 atom stereocenters. The Labute approximate surface area is 108 Å². The van der Waals surface area contributed by atoms with E-state index in [1.54, 1.807) is 0 Å². The van der Waals surface area contributed by atoms with Crippen molar-refractivity contribution in [2.45, 2.75) is 45.6 Å². The van der Waals surface area contributed by atoms with Crippen LogP contribution in [0.25, 0.3) is 0 Å². The highest BCUT2D eigenvalue weighted by Crippen LogP contribution is 2.49. The second-order valence-electron chi connectivity index (χ2n) is 5.96. The standard InChI is InChI=1S/C14H21N3O/c1-9-4-13(17-16-9)8-15-14(18)7-12-6-10-2-3-11(12)5-10/h4,10-12H,2-3,5-8H2,1H3,(H,15,18)(H,16,17). The second kappa shape index (κ2) is 4.75. The minimum absolute atomic E-state index is 0.188. The predicted octanol–water partition coefficient (Wildman–Crippen LogP) is 2.16. The molecule has 0 radical (unpaired) electrons. The number of aromatic nitrogens is 2. The highest BCUT2D eigenvalue weighted by Gasteiger charge is 2.39. The summed E-state index contributed by atoms with van der Waals surface area (Å²) in [7, 11) is 0. The van der Waals surface area contributed by atoms with Gasteiger partial charge in [0.25, 0.3) is 0 Å².